The highest BCUT2D eigenvalue weighted by Crippen LogP contribution is 2.34. The fraction of sp³-hybridized carbons (Fsp3) is 0.375. The molecule has 0 aliphatic carbocycles. The summed E-state index contributed by atoms with van der Waals surface area (Å²) < 4.78 is 7.35. The molecule has 3 rings (SSSR count). The van der Waals surface area contributed by atoms with Gasteiger partial charge in [0.15, 0.2) is 0 Å². The molecule has 0 bridgehead atoms. The van der Waals surface area contributed by atoms with E-state index in [-0.39, 0.29) is 11.8 Å². The minimum atomic E-state index is 0.0303. The number of hydrogen-bond donors (Lipinski definition) is 0. The number of nitrogens with zero attached hydrogens (tertiary/aromatic N) is 2. The van der Waals surface area contributed by atoms with Crippen molar-refractivity contribution in [3.63, 3.8) is 0 Å². The molecular formula is C24H29ClN2O2. The molecule has 1 saturated heterocycles. The van der Waals surface area contributed by atoms with Crippen molar-refractivity contribution in [3.8, 4) is 11.4 Å². The zero-order chi connectivity index (χ0) is 21.0. The first-order valence-electron chi connectivity index (χ1n) is 10.1. The van der Waals surface area contributed by atoms with Crippen molar-refractivity contribution in [2.45, 2.75) is 39.0 Å². The van der Waals surface area contributed by atoms with Crippen molar-refractivity contribution < 1.29 is 9.53 Å². The topological polar surface area (TPSA) is 34.5 Å². The summed E-state index contributed by atoms with van der Waals surface area (Å²) in [4.78, 5) is 14.9. The van der Waals surface area contributed by atoms with Gasteiger partial charge in [-0.2, -0.15) is 0 Å². The number of amides is 1. The Morgan fingerprint density at radius 2 is 1.83 bits per heavy atom. The van der Waals surface area contributed by atoms with Crippen LogP contribution in [0.15, 0.2) is 48.7 Å². The summed E-state index contributed by atoms with van der Waals surface area (Å²) in [7, 11) is 1.65. The van der Waals surface area contributed by atoms with E-state index in [2.05, 4.69) is 25.0 Å². The van der Waals surface area contributed by atoms with Gasteiger partial charge in [0.1, 0.15) is 5.75 Å². The fourth-order valence-electron chi connectivity index (χ4n) is 3.84. The van der Waals surface area contributed by atoms with Crippen molar-refractivity contribution in [2.24, 2.45) is 0 Å². The largest absolute Gasteiger partial charge is 0.497 e. The van der Waals surface area contributed by atoms with Gasteiger partial charge >= 0.3 is 0 Å². The molecule has 0 unspecified atom stereocenters. The first kappa shape index (κ1) is 21.3. The molecule has 1 aliphatic heterocycles. The van der Waals surface area contributed by atoms with E-state index in [4.69, 9.17) is 16.3 Å². The van der Waals surface area contributed by atoms with Gasteiger partial charge in [-0.3, -0.25) is 4.79 Å². The monoisotopic (exact) mass is 412 g/mol. The molecule has 0 atom stereocenters. The summed E-state index contributed by atoms with van der Waals surface area (Å²) in [6.07, 6.45) is 8.75. The Morgan fingerprint density at radius 3 is 2.38 bits per heavy atom. The smallest absolute Gasteiger partial charge is 0.253 e. The lowest BCUT2D eigenvalue weighted by atomic mass is 10.0. The number of benzene rings is 1. The van der Waals surface area contributed by atoms with E-state index in [1.54, 1.807) is 13.2 Å². The number of aromatic nitrogens is 1. The quantitative estimate of drug-likeness (QED) is 0.441. The van der Waals surface area contributed by atoms with Gasteiger partial charge in [0.05, 0.1) is 12.1 Å². The predicted molar refractivity (Wildman–Crippen MR) is 120 cm³/mol. The van der Waals surface area contributed by atoms with Crippen LogP contribution in [0.1, 0.15) is 50.3 Å². The molecule has 29 heavy (non-hydrogen) atoms. The van der Waals surface area contributed by atoms with Crippen LogP contribution in [0.25, 0.3) is 11.8 Å². The summed E-state index contributed by atoms with van der Waals surface area (Å²) in [5.74, 6) is 1.05. The molecule has 5 heteroatoms. The number of rotatable bonds is 6. The van der Waals surface area contributed by atoms with Crippen LogP contribution in [0.4, 0.5) is 0 Å². The number of piperidine rings is 1. The van der Waals surface area contributed by atoms with Gasteiger partial charge in [-0.05, 0) is 55.5 Å². The second-order valence-corrected chi connectivity index (χ2v) is 8.06. The normalized spacial score (nSPS) is 14.9. The second kappa shape index (κ2) is 9.36. The summed E-state index contributed by atoms with van der Waals surface area (Å²) >= 11 is 6.64. The maximum atomic E-state index is 13.0. The Balaban J connectivity index is 2.03. The van der Waals surface area contributed by atoms with Gasteiger partial charge in [0.2, 0.25) is 0 Å². The molecule has 1 aromatic heterocycles. The first-order chi connectivity index (χ1) is 14.0. The lowest BCUT2D eigenvalue weighted by molar-refractivity contribution is -0.127. The van der Waals surface area contributed by atoms with Crippen LogP contribution in [0.3, 0.4) is 0 Å². The van der Waals surface area contributed by atoms with Gasteiger partial charge in [-0.25, -0.2) is 0 Å². The Labute approximate surface area is 178 Å². The Morgan fingerprint density at radius 1 is 1.17 bits per heavy atom. The van der Waals surface area contributed by atoms with Gasteiger partial charge in [0, 0.05) is 41.8 Å². The molecule has 2 heterocycles. The van der Waals surface area contributed by atoms with Gasteiger partial charge in [-0.15, -0.1) is 0 Å². The molecule has 1 aliphatic rings. The van der Waals surface area contributed by atoms with Crippen LogP contribution in [-0.2, 0) is 4.79 Å². The van der Waals surface area contributed by atoms with Gasteiger partial charge in [-0.1, -0.05) is 38.1 Å². The average molecular weight is 413 g/mol. The average Bonchev–Trinajstić information content (AvgIpc) is 3.08. The number of ether oxygens (including phenoxy) is 1. The maximum Gasteiger partial charge on any atom is 0.253 e. The van der Waals surface area contributed by atoms with E-state index in [1.807, 2.05) is 41.4 Å². The molecule has 2 aromatic rings. The van der Waals surface area contributed by atoms with Crippen molar-refractivity contribution in [2.75, 3.05) is 20.2 Å². The number of carbonyl (C=O) groups is 1. The molecule has 0 saturated carbocycles. The fourth-order valence-corrected chi connectivity index (χ4v) is 4.09. The van der Waals surface area contributed by atoms with Crippen molar-refractivity contribution in [1.82, 2.24) is 9.47 Å². The minimum Gasteiger partial charge on any atom is -0.497 e. The number of halogens is 1. The molecule has 154 valence electrons. The Bertz CT molecular complexity index is 904. The van der Waals surface area contributed by atoms with Crippen LogP contribution in [0.5, 0.6) is 5.75 Å². The highest BCUT2D eigenvalue weighted by Gasteiger charge is 2.22. The van der Waals surface area contributed by atoms with E-state index < -0.39 is 0 Å². The molecule has 1 amide bonds. The molecule has 4 nitrogen and oxygen atoms in total. The molecular weight excluding hydrogens is 384 g/mol. The lowest BCUT2D eigenvalue weighted by Gasteiger charge is -2.27. The lowest BCUT2D eigenvalue weighted by Crippen LogP contribution is -2.36. The third-order valence-electron chi connectivity index (χ3n) is 5.34. The summed E-state index contributed by atoms with van der Waals surface area (Å²) in [6, 6.07) is 7.86. The third kappa shape index (κ3) is 4.59. The molecule has 1 aromatic carbocycles. The third-order valence-corrected chi connectivity index (χ3v) is 5.64. The van der Waals surface area contributed by atoms with Crippen molar-refractivity contribution >= 4 is 23.6 Å². The van der Waals surface area contributed by atoms with Crippen LogP contribution in [-0.4, -0.2) is 35.6 Å². The van der Waals surface area contributed by atoms with Crippen LogP contribution < -0.4 is 4.74 Å². The van der Waals surface area contributed by atoms with Crippen molar-refractivity contribution in [3.05, 3.63) is 65.0 Å². The van der Waals surface area contributed by atoms with E-state index in [9.17, 15) is 4.79 Å². The summed E-state index contributed by atoms with van der Waals surface area (Å²) in [6.45, 7) is 9.75. The summed E-state index contributed by atoms with van der Waals surface area (Å²) in [5, 5.41) is 0.621. The SMILES string of the molecule is C=C/C(=C\c1c(Cl)cn(-c2ccc(OC)cc2)c1C(C)C)C(=O)N1CCCCC1. The van der Waals surface area contributed by atoms with Crippen molar-refractivity contribution in [1.29, 1.82) is 0 Å². The second-order valence-electron chi connectivity index (χ2n) is 7.66. The van der Waals surface area contributed by atoms with E-state index in [0.717, 1.165) is 48.6 Å². The zero-order valence-electron chi connectivity index (χ0n) is 17.5. The minimum absolute atomic E-state index is 0.0303. The Kier molecular flexibility index (Phi) is 6.86. The van der Waals surface area contributed by atoms with Crippen LogP contribution in [0, 0.1) is 0 Å². The predicted octanol–water partition coefficient (Wildman–Crippen LogP) is 5.84. The highest BCUT2D eigenvalue weighted by atomic mass is 35.5. The molecule has 0 spiro atoms. The molecule has 1 fully saturated rings. The highest BCUT2D eigenvalue weighted by molar-refractivity contribution is 6.32. The number of methoxy groups -OCH3 is 1. The van der Waals surface area contributed by atoms with Crippen LogP contribution in [0.2, 0.25) is 5.02 Å². The molecule has 0 N–H and O–H groups in total. The summed E-state index contributed by atoms with van der Waals surface area (Å²) in [5.41, 5.74) is 3.52. The van der Waals surface area contributed by atoms with E-state index >= 15 is 0 Å². The standard InChI is InChI=1S/C24H29ClN2O2/c1-5-18(24(28)26-13-7-6-8-14-26)15-21-22(25)16-27(23(21)17(2)3)19-9-11-20(29-4)12-10-19/h5,9-12,15-17H,1,6-8,13-14H2,2-4H3/b18-15+. The van der Waals surface area contributed by atoms with Gasteiger partial charge < -0.3 is 14.2 Å². The van der Waals surface area contributed by atoms with E-state index in [0.29, 0.717) is 10.6 Å². The number of carbonyl (C=O) groups excluding carboxylic acids is 1. The molecule has 0 radical (unpaired) electrons. The Hall–Kier alpha value is -2.46. The zero-order valence-corrected chi connectivity index (χ0v) is 18.2. The maximum absolute atomic E-state index is 13.0. The number of likely N-dealkylation sites (tertiary alicyclic amines) is 1. The number of hydrogen-bond acceptors (Lipinski definition) is 2. The van der Waals surface area contributed by atoms with E-state index in [1.165, 1.54) is 6.42 Å². The first-order valence-corrected chi connectivity index (χ1v) is 10.5. The van der Waals surface area contributed by atoms with Crippen LogP contribution >= 0.6 is 11.6 Å². The van der Waals surface area contributed by atoms with Gasteiger partial charge in [0.25, 0.3) is 5.91 Å².